The van der Waals surface area contributed by atoms with Crippen LogP contribution in [0.3, 0.4) is 0 Å². The largest absolute Gasteiger partial charge is 0.465 e. The number of ether oxygens (including phenoxy) is 1. The van der Waals surface area contributed by atoms with Crippen LogP contribution in [-0.4, -0.2) is 52.4 Å². The summed E-state index contributed by atoms with van der Waals surface area (Å²) in [6.45, 7) is 5.01. The SMILES string of the molecule is COC(=O)c1c(-c2cnn(CC34CC5CC(CC(C5)C3)C4)c2C)ccn2c(-c3cc(C)c(Nc4cnccn4)nn3)cnc12. The molecule has 5 aromatic rings. The smallest absolute Gasteiger partial charge is 0.342 e. The second kappa shape index (κ2) is 10.2. The Balaban J connectivity index is 1.14. The van der Waals surface area contributed by atoms with E-state index in [1.165, 1.54) is 45.6 Å². The molecule has 0 amide bonds. The van der Waals surface area contributed by atoms with E-state index in [0.29, 0.717) is 39.6 Å². The highest BCUT2D eigenvalue weighted by Gasteiger charge is 2.51. The van der Waals surface area contributed by atoms with Crippen molar-refractivity contribution in [2.45, 2.75) is 58.9 Å². The van der Waals surface area contributed by atoms with E-state index in [2.05, 4.69) is 42.1 Å². The van der Waals surface area contributed by atoms with E-state index in [4.69, 9.17) is 9.84 Å². The Morgan fingerprint density at radius 2 is 1.77 bits per heavy atom. The number of hydrogen-bond acceptors (Lipinski definition) is 9. The van der Waals surface area contributed by atoms with Gasteiger partial charge in [0.25, 0.3) is 0 Å². The second-order valence-electron chi connectivity index (χ2n) is 13.1. The average molecular weight is 590 g/mol. The van der Waals surface area contributed by atoms with E-state index in [9.17, 15) is 4.79 Å². The standard InChI is InChI=1S/C33H35N9O2/c1-19-8-26(39-40-30(19)38-28-17-34-5-6-35-28)27-16-36-31-29(32(43)44-3)24(4-7-41(27)31)25-15-37-42(20(25)2)18-33-12-21-9-22(13-33)11-23(10-21)14-33/h4-8,15-17,21-23H,9-14,18H2,1-3H3,(H,35,38,40). The van der Waals surface area contributed by atoms with Crippen LogP contribution in [0, 0.1) is 37.0 Å². The van der Waals surface area contributed by atoms with Crippen LogP contribution in [-0.2, 0) is 11.3 Å². The zero-order valence-electron chi connectivity index (χ0n) is 25.2. The van der Waals surface area contributed by atoms with Crippen molar-refractivity contribution in [3.05, 3.63) is 66.1 Å². The molecule has 44 heavy (non-hydrogen) atoms. The summed E-state index contributed by atoms with van der Waals surface area (Å²) in [7, 11) is 1.40. The molecule has 0 radical (unpaired) electrons. The van der Waals surface area contributed by atoms with Gasteiger partial charge in [0.1, 0.15) is 17.1 Å². The molecule has 1 N–H and O–H groups in total. The number of pyridine rings is 1. The summed E-state index contributed by atoms with van der Waals surface area (Å²) < 4.78 is 9.33. The van der Waals surface area contributed by atoms with Crippen LogP contribution in [0.2, 0.25) is 0 Å². The summed E-state index contributed by atoms with van der Waals surface area (Å²) in [5.74, 6) is 3.39. The molecule has 4 saturated carbocycles. The molecule has 224 valence electrons. The molecule has 0 spiro atoms. The molecule has 0 aromatic carbocycles. The van der Waals surface area contributed by atoms with Gasteiger partial charge in [0.2, 0.25) is 0 Å². The van der Waals surface area contributed by atoms with Gasteiger partial charge >= 0.3 is 5.97 Å². The van der Waals surface area contributed by atoms with Gasteiger partial charge in [0.05, 0.1) is 31.4 Å². The fourth-order valence-electron chi connectivity index (χ4n) is 8.66. The normalized spacial score (nSPS) is 23.8. The lowest BCUT2D eigenvalue weighted by atomic mass is 9.49. The maximum absolute atomic E-state index is 13.3. The van der Waals surface area contributed by atoms with Crippen molar-refractivity contribution < 1.29 is 9.53 Å². The van der Waals surface area contributed by atoms with Crippen LogP contribution in [0.1, 0.15) is 60.1 Å². The molecule has 5 aromatic heterocycles. The molecule has 0 unspecified atom stereocenters. The lowest BCUT2D eigenvalue weighted by Crippen LogP contribution is -2.48. The maximum Gasteiger partial charge on any atom is 0.342 e. The van der Waals surface area contributed by atoms with Gasteiger partial charge in [-0.1, -0.05) is 0 Å². The number of hydrogen-bond donors (Lipinski definition) is 1. The Labute approximate surface area is 255 Å². The van der Waals surface area contributed by atoms with Crippen molar-refractivity contribution in [3.63, 3.8) is 0 Å². The second-order valence-corrected chi connectivity index (χ2v) is 13.1. The average Bonchev–Trinajstić information content (AvgIpc) is 3.60. The lowest BCUT2D eigenvalue weighted by Gasteiger charge is -2.56. The minimum absolute atomic E-state index is 0.356. The topological polar surface area (TPSA) is 125 Å². The van der Waals surface area contributed by atoms with Gasteiger partial charge in [-0.05, 0) is 93.2 Å². The number of imidazole rings is 1. The first kappa shape index (κ1) is 26.9. The molecule has 4 aliphatic carbocycles. The van der Waals surface area contributed by atoms with Crippen LogP contribution in [0.4, 0.5) is 11.6 Å². The Hall–Kier alpha value is -4.67. The van der Waals surface area contributed by atoms with Crippen LogP contribution in [0.5, 0.6) is 0 Å². The van der Waals surface area contributed by atoms with Crippen LogP contribution in [0.25, 0.3) is 28.2 Å². The Bertz CT molecular complexity index is 1860. The van der Waals surface area contributed by atoms with E-state index in [-0.39, 0.29) is 0 Å². The van der Waals surface area contributed by atoms with E-state index >= 15 is 0 Å². The van der Waals surface area contributed by atoms with E-state index < -0.39 is 5.97 Å². The third-order valence-electron chi connectivity index (χ3n) is 10.2. The van der Waals surface area contributed by atoms with Gasteiger partial charge in [-0.25, -0.2) is 14.8 Å². The monoisotopic (exact) mass is 589 g/mol. The number of aryl methyl sites for hydroxylation is 1. The first-order valence-electron chi connectivity index (χ1n) is 15.4. The molecule has 0 atom stereocenters. The molecule has 4 aliphatic rings. The molecule has 4 bridgehead atoms. The maximum atomic E-state index is 13.3. The predicted octanol–water partition coefficient (Wildman–Crippen LogP) is 5.81. The van der Waals surface area contributed by atoms with E-state index in [1.54, 1.807) is 24.8 Å². The number of carbonyl (C=O) groups excluding carboxylic acids is 1. The highest BCUT2D eigenvalue weighted by Crippen LogP contribution is 2.60. The summed E-state index contributed by atoms with van der Waals surface area (Å²) in [6, 6.07) is 3.88. The summed E-state index contributed by atoms with van der Waals surface area (Å²) in [5, 5.41) is 16.9. The fraction of sp³-hybridized carbons (Fsp3) is 0.424. The zero-order valence-corrected chi connectivity index (χ0v) is 25.2. The summed E-state index contributed by atoms with van der Waals surface area (Å²) in [4.78, 5) is 26.3. The highest BCUT2D eigenvalue weighted by molar-refractivity contribution is 6.03. The molecule has 0 saturated heterocycles. The van der Waals surface area contributed by atoms with Crippen LogP contribution < -0.4 is 5.32 Å². The number of rotatable bonds is 7. The van der Waals surface area contributed by atoms with Crippen molar-refractivity contribution in [1.82, 2.24) is 39.3 Å². The van der Waals surface area contributed by atoms with Crippen LogP contribution >= 0.6 is 0 Å². The number of anilines is 2. The van der Waals surface area contributed by atoms with Crippen LogP contribution in [0.15, 0.2) is 49.3 Å². The molecule has 11 heteroatoms. The number of fused-ring (bicyclic) bond motifs is 1. The van der Waals surface area contributed by atoms with Gasteiger partial charge in [-0.15, -0.1) is 10.2 Å². The van der Waals surface area contributed by atoms with Gasteiger partial charge < -0.3 is 10.1 Å². The molecule has 4 fully saturated rings. The summed E-state index contributed by atoms with van der Waals surface area (Å²) in [5.41, 5.74) is 6.24. The molecule has 9 rings (SSSR count). The lowest BCUT2D eigenvalue weighted by molar-refractivity contribution is -0.0638. The van der Waals surface area contributed by atoms with Crippen molar-refractivity contribution >= 4 is 23.3 Å². The van der Waals surface area contributed by atoms with Gasteiger partial charge in [-0.3, -0.25) is 14.1 Å². The molecular formula is C33H35N9O2. The summed E-state index contributed by atoms with van der Waals surface area (Å²) >= 11 is 0. The van der Waals surface area contributed by atoms with E-state index in [1.807, 2.05) is 35.9 Å². The summed E-state index contributed by atoms with van der Waals surface area (Å²) in [6.07, 6.45) is 18.6. The fourth-order valence-corrected chi connectivity index (χ4v) is 8.66. The zero-order chi connectivity index (χ0) is 30.0. The van der Waals surface area contributed by atoms with E-state index in [0.717, 1.165) is 46.7 Å². The van der Waals surface area contributed by atoms with Crippen molar-refractivity contribution in [2.75, 3.05) is 12.4 Å². The number of nitrogens with one attached hydrogen (secondary N) is 1. The van der Waals surface area contributed by atoms with Gasteiger partial charge in [0.15, 0.2) is 11.5 Å². The van der Waals surface area contributed by atoms with Gasteiger partial charge in [0, 0.05) is 42.0 Å². The van der Waals surface area contributed by atoms with Crippen molar-refractivity contribution in [3.8, 4) is 22.5 Å². The predicted molar refractivity (Wildman–Crippen MR) is 164 cm³/mol. The number of carbonyl (C=O) groups is 1. The molecule has 0 aliphatic heterocycles. The number of esters is 1. The Morgan fingerprint density at radius 3 is 2.45 bits per heavy atom. The molecule has 5 heterocycles. The molecular weight excluding hydrogens is 554 g/mol. The first-order chi connectivity index (χ1) is 21.4. The third kappa shape index (κ3) is 4.44. The number of methoxy groups -OCH3 is 1. The minimum atomic E-state index is -0.443. The van der Waals surface area contributed by atoms with Crippen molar-refractivity contribution in [1.29, 1.82) is 0 Å². The third-order valence-corrected chi connectivity index (χ3v) is 10.2. The quantitative estimate of drug-likeness (QED) is 0.234. The number of nitrogens with zero attached hydrogens (tertiary/aromatic N) is 8. The van der Waals surface area contributed by atoms with Crippen molar-refractivity contribution in [2.24, 2.45) is 23.2 Å². The first-order valence-corrected chi connectivity index (χ1v) is 15.4. The van der Waals surface area contributed by atoms with Gasteiger partial charge in [-0.2, -0.15) is 5.10 Å². The highest BCUT2D eigenvalue weighted by atomic mass is 16.5. The number of aromatic nitrogens is 8. The molecule has 11 nitrogen and oxygen atoms in total. The Morgan fingerprint density at radius 1 is 1.00 bits per heavy atom. The Kier molecular flexibility index (Phi) is 6.25. The minimum Gasteiger partial charge on any atom is -0.465 e.